The number of amides is 2. The fourth-order valence-electron chi connectivity index (χ4n) is 2.40. The van der Waals surface area contributed by atoms with E-state index in [4.69, 9.17) is 0 Å². The van der Waals surface area contributed by atoms with Crippen LogP contribution in [0.15, 0.2) is 67.0 Å². The summed E-state index contributed by atoms with van der Waals surface area (Å²) in [7, 11) is 1.58. The van der Waals surface area contributed by atoms with Gasteiger partial charge in [0.05, 0.1) is 12.2 Å². The van der Waals surface area contributed by atoms with Crippen LogP contribution in [0.2, 0.25) is 0 Å². The van der Waals surface area contributed by atoms with Gasteiger partial charge in [-0.05, 0) is 35.9 Å². The largest absolute Gasteiger partial charge is 0.355 e. The van der Waals surface area contributed by atoms with Crippen molar-refractivity contribution in [3.8, 4) is 0 Å². The monoisotopic (exact) mass is 361 g/mol. The van der Waals surface area contributed by atoms with Crippen molar-refractivity contribution >= 4 is 23.7 Å². The summed E-state index contributed by atoms with van der Waals surface area (Å²) in [4.78, 5) is 27.8. The fraction of sp³-hybridized carbons (Fsp3) is 0.100. The predicted molar refractivity (Wildman–Crippen MR) is 103 cm³/mol. The topological polar surface area (TPSA) is 88.9 Å². The number of nitrogens with one attached hydrogen (secondary N) is 2. The highest BCUT2D eigenvalue weighted by molar-refractivity contribution is 6.01. The van der Waals surface area contributed by atoms with Gasteiger partial charge in [0.2, 0.25) is 5.91 Å². The summed E-state index contributed by atoms with van der Waals surface area (Å²) in [5.74, 6) is 0.0357. The molecule has 0 aliphatic heterocycles. The van der Waals surface area contributed by atoms with E-state index in [1.165, 1.54) is 6.08 Å². The Kier molecular flexibility index (Phi) is 5.73. The van der Waals surface area contributed by atoms with Gasteiger partial charge in [0.1, 0.15) is 0 Å². The molecule has 0 radical (unpaired) electrons. The highest BCUT2D eigenvalue weighted by atomic mass is 16.2. The molecule has 7 nitrogen and oxygen atoms in total. The molecule has 2 amide bonds. The number of anilines is 1. The van der Waals surface area contributed by atoms with Gasteiger partial charge in [-0.1, -0.05) is 18.2 Å². The average molecular weight is 361 g/mol. The minimum absolute atomic E-state index is 0.149. The van der Waals surface area contributed by atoms with Crippen molar-refractivity contribution in [1.82, 2.24) is 20.1 Å². The van der Waals surface area contributed by atoms with E-state index in [9.17, 15) is 9.59 Å². The molecule has 2 N–H and O–H groups in total. The lowest BCUT2D eigenvalue weighted by atomic mass is 10.1. The van der Waals surface area contributed by atoms with Crippen LogP contribution in [0.25, 0.3) is 6.08 Å². The van der Waals surface area contributed by atoms with Crippen LogP contribution in [0.3, 0.4) is 0 Å². The molecule has 0 atom stereocenters. The van der Waals surface area contributed by atoms with E-state index in [0.717, 1.165) is 11.3 Å². The first-order chi connectivity index (χ1) is 13.1. The maximum absolute atomic E-state index is 12.1. The first kappa shape index (κ1) is 18.1. The molecule has 7 heteroatoms. The standard InChI is InChI=1S/C20H19N5O2/c1-21-20(27)16-8-5-15(6-9-16)7-10-19(26)23-18-11-13-25(24-18)14-17-4-2-3-12-22-17/h2-13H,14H2,1H3,(H,21,27)(H,23,24,26)/b10-7-. The van der Waals surface area contributed by atoms with E-state index < -0.39 is 0 Å². The smallest absolute Gasteiger partial charge is 0.251 e. The summed E-state index contributed by atoms with van der Waals surface area (Å²) >= 11 is 0. The summed E-state index contributed by atoms with van der Waals surface area (Å²) in [5.41, 5.74) is 2.27. The lowest BCUT2D eigenvalue weighted by Crippen LogP contribution is -2.17. The minimum Gasteiger partial charge on any atom is -0.355 e. The number of hydrogen-bond acceptors (Lipinski definition) is 4. The molecule has 27 heavy (non-hydrogen) atoms. The summed E-state index contributed by atoms with van der Waals surface area (Å²) in [6.45, 7) is 0.532. The van der Waals surface area contributed by atoms with Gasteiger partial charge >= 0.3 is 0 Å². The zero-order valence-electron chi connectivity index (χ0n) is 14.8. The molecule has 0 unspecified atom stereocenters. The summed E-state index contributed by atoms with van der Waals surface area (Å²) in [6.07, 6.45) is 6.61. The molecule has 136 valence electrons. The third kappa shape index (κ3) is 5.12. The van der Waals surface area contributed by atoms with Crippen LogP contribution in [-0.2, 0) is 11.3 Å². The van der Waals surface area contributed by atoms with Crippen molar-refractivity contribution in [2.45, 2.75) is 6.54 Å². The van der Waals surface area contributed by atoms with Crippen molar-refractivity contribution in [2.75, 3.05) is 12.4 Å². The van der Waals surface area contributed by atoms with E-state index in [2.05, 4.69) is 20.7 Å². The van der Waals surface area contributed by atoms with Gasteiger partial charge in [0, 0.05) is 37.1 Å². The van der Waals surface area contributed by atoms with Crippen LogP contribution in [-0.4, -0.2) is 33.6 Å². The molecule has 2 heterocycles. The number of rotatable bonds is 6. The number of pyridine rings is 1. The van der Waals surface area contributed by atoms with Gasteiger partial charge in [-0.2, -0.15) is 5.10 Å². The van der Waals surface area contributed by atoms with E-state index in [-0.39, 0.29) is 11.8 Å². The fourth-order valence-corrected chi connectivity index (χ4v) is 2.40. The second kappa shape index (κ2) is 8.57. The molecular formula is C20H19N5O2. The number of hydrogen-bond donors (Lipinski definition) is 2. The maximum Gasteiger partial charge on any atom is 0.251 e. The summed E-state index contributed by atoms with van der Waals surface area (Å²) in [5, 5.41) is 9.58. The zero-order valence-corrected chi connectivity index (χ0v) is 14.8. The van der Waals surface area contributed by atoms with E-state index in [1.807, 2.05) is 18.2 Å². The number of aromatic nitrogens is 3. The molecule has 0 aliphatic carbocycles. The van der Waals surface area contributed by atoms with Crippen molar-refractivity contribution in [2.24, 2.45) is 0 Å². The molecule has 3 rings (SSSR count). The van der Waals surface area contributed by atoms with Crippen LogP contribution in [0.4, 0.5) is 5.82 Å². The second-order valence-electron chi connectivity index (χ2n) is 5.74. The Balaban J connectivity index is 1.56. The molecule has 0 bridgehead atoms. The quantitative estimate of drug-likeness (QED) is 0.660. The molecular weight excluding hydrogens is 342 g/mol. The van der Waals surface area contributed by atoms with Gasteiger partial charge in [-0.15, -0.1) is 0 Å². The average Bonchev–Trinajstić information content (AvgIpc) is 3.13. The normalized spacial score (nSPS) is 10.7. The Morgan fingerprint density at radius 2 is 1.93 bits per heavy atom. The number of carbonyl (C=O) groups excluding carboxylic acids is 2. The van der Waals surface area contributed by atoms with E-state index in [1.54, 1.807) is 60.5 Å². The minimum atomic E-state index is -0.284. The molecule has 0 saturated carbocycles. The third-order valence-electron chi connectivity index (χ3n) is 3.77. The zero-order chi connectivity index (χ0) is 19.1. The van der Waals surface area contributed by atoms with E-state index in [0.29, 0.717) is 17.9 Å². The van der Waals surface area contributed by atoms with Gasteiger partial charge in [0.25, 0.3) is 5.91 Å². The van der Waals surface area contributed by atoms with Gasteiger partial charge in [-0.3, -0.25) is 19.3 Å². The van der Waals surface area contributed by atoms with Crippen LogP contribution in [0, 0.1) is 0 Å². The molecule has 0 saturated heterocycles. The predicted octanol–water partition coefficient (Wildman–Crippen LogP) is 2.34. The lowest BCUT2D eigenvalue weighted by Gasteiger charge is -2.01. The highest BCUT2D eigenvalue weighted by Crippen LogP contribution is 2.08. The van der Waals surface area contributed by atoms with Crippen LogP contribution >= 0.6 is 0 Å². The second-order valence-corrected chi connectivity index (χ2v) is 5.74. The maximum atomic E-state index is 12.1. The van der Waals surface area contributed by atoms with E-state index >= 15 is 0 Å². The van der Waals surface area contributed by atoms with Crippen molar-refractivity contribution in [3.05, 3.63) is 83.8 Å². The van der Waals surface area contributed by atoms with Gasteiger partial charge < -0.3 is 10.6 Å². The van der Waals surface area contributed by atoms with Gasteiger partial charge in [0.15, 0.2) is 5.82 Å². The number of benzene rings is 1. The first-order valence-corrected chi connectivity index (χ1v) is 8.38. The van der Waals surface area contributed by atoms with Crippen molar-refractivity contribution in [1.29, 1.82) is 0 Å². The molecule has 2 aromatic heterocycles. The van der Waals surface area contributed by atoms with Crippen molar-refractivity contribution in [3.63, 3.8) is 0 Å². The van der Waals surface area contributed by atoms with Crippen LogP contribution in [0.5, 0.6) is 0 Å². The third-order valence-corrected chi connectivity index (χ3v) is 3.77. The number of carbonyl (C=O) groups is 2. The van der Waals surface area contributed by atoms with Gasteiger partial charge in [-0.25, -0.2) is 0 Å². The Bertz CT molecular complexity index is 946. The molecule has 1 aromatic carbocycles. The molecule has 0 aliphatic rings. The van der Waals surface area contributed by atoms with Crippen molar-refractivity contribution < 1.29 is 9.59 Å². The Hall–Kier alpha value is -3.74. The Labute approximate surface area is 156 Å². The van der Waals surface area contributed by atoms with Crippen LogP contribution in [0.1, 0.15) is 21.6 Å². The summed E-state index contributed by atoms with van der Waals surface area (Å²) < 4.78 is 1.71. The SMILES string of the molecule is CNC(=O)c1ccc(/C=C\C(=O)Nc2ccn(Cc3ccccn3)n2)cc1. The lowest BCUT2D eigenvalue weighted by molar-refractivity contribution is -0.111. The first-order valence-electron chi connectivity index (χ1n) is 8.38. The summed E-state index contributed by atoms with van der Waals surface area (Å²) in [6, 6.07) is 14.4. The highest BCUT2D eigenvalue weighted by Gasteiger charge is 2.04. The molecule has 0 spiro atoms. The molecule has 0 fully saturated rings. The Morgan fingerprint density at radius 3 is 2.63 bits per heavy atom. The Morgan fingerprint density at radius 1 is 1.11 bits per heavy atom. The molecule has 3 aromatic rings. The number of nitrogens with zero attached hydrogens (tertiary/aromatic N) is 3. The van der Waals surface area contributed by atoms with Crippen LogP contribution < -0.4 is 10.6 Å².